The highest BCUT2D eigenvalue weighted by Crippen LogP contribution is 2.16. The van der Waals surface area contributed by atoms with E-state index in [2.05, 4.69) is 5.32 Å². The molecule has 0 bridgehead atoms. The first kappa shape index (κ1) is 16.0. The summed E-state index contributed by atoms with van der Waals surface area (Å²) in [6.45, 7) is 2.33. The third-order valence-electron chi connectivity index (χ3n) is 2.92. The number of nitrogens with zero attached hydrogens (tertiary/aromatic N) is 1. The fourth-order valence-corrected chi connectivity index (χ4v) is 1.88. The highest BCUT2D eigenvalue weighted by molar-refractivity contribution is 5.76. The van der Waals surface area contributed by atoms with Crippen LogP contribution in [0.5, 0.6) is 0 Å². The fraction of sp³-hybridized carbons (Fsp3) is 0.429. The number of rotatable bonds is 7. The summed E-state index contributed by atoms with van der Waals surface area (Å²) in [5.74, 6) is -0.982. The SMILES string of the molecule is CCN(CCO)C(=O)NC(CC(=O)O)c1ccccc1. The Morgan fingerprint density at radius 2 is 1.95 bits per heavy atom. The molecule has 0 heterocycles. The fourth-order valence-electron chi connectivity index (χ4n) is 1.88. The van der Waals surface area contributed by atoms with Crippen LogP contribution in [-0.2, 0) is 4.79 Å². The number of aliphatic carboxylic acids is 1. The van der Waals surface area contributed by atoms with Crippen molar-refractivity contribution in [1.82, 2.24) is 10.2 Å². The zero-order chi connectivity index (χ0) is 15.0. The lowest BCUT2D eigenvalue weighted by atomic mass is 10.0. The zero-order valence-electron chi connectivity index (χ0n) is 11.5. The number of nitrogens with one attached hydrogen (secondary N) is 1. The quantitative estimate of drug-likeness (QED) is 0.700. The molecule has 0 aliphatic carbocycles. The predicted molar refractivity (Wildman–Crippen MR) is 74.3 cm³/mol. The maximum atomic E-state index is 12.0. The van der Waals surface area contributed by atoms with E-state index < -0.39 is 12.0 Å². The maximum absolute atomic E-state index is 12.0. The van der Waals surface area contributed by atoms with Gasteiger partial charge in [-0.25, -0.2) is 4.79 Å². The average Bonchev–Trinajstić information content (AvgIpc) is 2.44. The Morgan fingerprint density at radius 3 is 2.45 bits per heavy atom. The second-order valence-corrected chi connectivity index (χ2v) is 4.31. The van der Waals surface area contributed by atoms with Gasteiger partial charge in [0, 0.05) is 13.1 Å². The van der Waals surface area contributed by atoms with Gasteiger partial charge in [-0.2, -0.15) is 0 Å². The number of carbonyl (C=O) groups excluding carboxylic acids is 1. The number of hydrogen-bond acceptors (Lipinski definition) is 3. The summed E-state index contributed by atoms with van der Waals surface area (Å²) in [6, 6.07) is 7.99. The first-order valence-corrected chi connectivity index (χ1v) is 6.51. The number of urea groups is 1. The largest absolute Gasteiger partial charge is 0.481 e. The van der Waals surface area contributed by atoms with Crippen molar-refractivity contribution >= 4 is 12.0 Å². The maximum Gasteiger partial charge on any atom is 0.317 e. The Balaban J connectivity index is 2.79. The molecule has 0 spiro atoms. The number of carboxylic acids is 1. The lowest BCUT2D eigenvalue weighted by molar-refractivity contribution is -0.137. The van der Waals surface area contributed by atoms with Crippen molar-refractivity contribution in [3.8, 4) is 0 Å². The minimum atomic E-state index is -0.982. The van der Waals surface area contributed by atoms with Crippen molar-refractivity contribution in [2.75, 3.05) is 19.7 Å². The minimum Gasteiger partial charge on any atom is -0.481 e. The molecule has 0 aliphatic heterocycles. The standard InChI is InChI=1S/C14H20N2O4/c1-2-16(8-9-17)14(20)15-12(10-13(18)19)11-6-4-3-5-7-11/h3-7,12,17H,2,8-10H2,1H3,(H,15,20)(H,18,19). The van der Waals surface area contributed by atoms with Crippen LogP contribution in [0.15, 0.2) is 30.3 Å². The molecule has 110 valence electrons. The topological polar surface area (TPSA) is 89.9 Å². The van der Waals surface area contributed by atoms with Crippen molar-refractivity contribution < 1.29 is 19.8 Å². The number of benzene rings is 1. The Labute approximate surface area is 118 Å². The monoisotopic (exact) mass is 280 g/mol. The number of likely N-dealkylation sites (N-methyl/N-ethyl adjacent to an activating group) is 1. The van der Waals surface area contributed by atoms with Gasteiger partial charge in [0.2, 0.25) is 0 Å². The van der Waals surface area contributed by atoms with Gasteiger partial charge in [-0.15, -0.1) is 0 Å². The molecule has 0 saturated heterocycles. The van der Waals surface area contributed by atoms with Gasteiger partial charge in [-0.3, -0.25) is 4.79 Å². The van der Waals surface area contributed by atoms with Crippen LogP contribution in [0.1, 0.15) is 24.9 Å². The summed E-state index contributed by atoms with van der Waals surface area (Å²) in [5, 5.41) is 20.5. The molecule has 0 fully saturated rings. The van der Waals surface area contributed by atoms with Crippen LogP contribution in [0.25, 0.3) is 0 Å². The molecular formula is C14H20N2O4. The van der Waals surface area contributed by atoms with E-state index in [-0.39, 0.29) is 25.6 Å². The van der Waals surface area contributed by atoms with Crippen molar-refractivity contribution in [1.29, 1.82) is 0 Å². The van der Waals surface area contributed by atoms with Crippen LogP contribution in [0.4, 0.5) is 4.79 Å². The normalized spacial score (nSPS) is 11.7. The number of hydrogen-bond donors (Lipinski definition) is 3. The Bertz CT molecular complexity index is 436. The van der Waals surface area contributed by atoms with Gasteiger partial charge in [-0.1, -0.05) is 30.3 Å². The summed E-state index contributed by atoms with van der Waals surface area (Å²) in [4.78, 5) is 24.4. The molecule has 0 radical (unpaired) electrons. The zero-order valence-corrected chi connectivity index (χ0v) is 11.5. The van der Waals surface area contributed by atoms with Crippen molar-refractivity contribution in [3.63, 3.8) is 0 Å². The number of amides is 2. The smallest absolute Gasteiger partial charge is 0.317 e. The molecule has 1 unspecified atom stereocenters. The summed E-state index contributed by atoms with van der Waals surface area (Å²) in [6.07, 6.45) is -0.188. The van der Waals surface area contributed by atoms with E-state index in [9.17, 15) is 9.59 Å². The molecule has 20 heavy (non-hydrogen) atoms. The minimum absolute atomic E-state index is 0.129. The lowest BCUT2D eigenvalue weighted by Crippen LogP contribution is -2.43. The third-order valence-corrected chi connectivity index (χ3v) is 2.92. The summed E-state index contributed by atoms with van der Waals surface area (Å²) in [5.41, 5.74) is 0.739. The Kier molecular flexibility index (Phi) is 6.52. The molecule has 3 N–H and O–H groups in total. The van der Waals surface area contributed by atoms with Crippen LogP contribution >= 0.6 is 0 Å². The predicted octanol–water partition coefficient (Wildman–Crippen LogP) is 1.23. The molecule has 0 aromatic heterocycles. The van der Waals surface area contributed by atoms with Gasteiger partial charge in [0.05, 0.1) is 19.1 Å². The highest BCUT2D eigenvalue weighted by Gasteiger charge is 2.20. The van der Waals surface area contributed by atoms with E-state index in [1.54, 1.807) is 31.2 Å². The summed E-state index contributed by atoms with van der Waals surface area (Å²) >= 11 is 0. The van der Waals surface area contributed by atoms with Crippen LogP contribution in [0, 0.1) is 0 Å². The summed E-state index contributed by atoms with van der Waals surface area (Å²) in [7, 11) is 0. The van der Waals surface area contributed by atoms with Crippen molar-refractivity contribution in [2.45, 2.75) is 19.4 Å². The van der Waals surface area contributed by atoms with Gasteiger partial charge < -0.3 is 20.4 Å². The molecule has 6 nitrogen and oxygen atoms in total. The van der Waals surface area contributed by atoms with E-state index in [0.29, 0.717) is 6.54 Å². The molecule has 1 rings (SSSR count). The van der Waals surface area contributed by atoms with E-state index in [1.165, 1.54) is 4.90 Å². The van der Waals surface area contributed by atoms with Gasteiger partial charge >= 0.3 is 12.0 Å². The third kappa shape index (κ3) is 4.89. The van der Waals surface area contributed by atoms with Crippen LogP contribution < -0.4 is 5.32 Å². The van der Waals surface area contributed by atoms with Crippen molar-refractivity contribution in [3.05, 3.63) is 35.9 Å². The van der Waals surface area contributed by atoms with Crippen LogP contribution in [-0.4, -0.2) is 46.8 Å². The number of carbonyl (C=O) groups is 2. The van der Waals surface area contributed by atoms with E-state index in [4.69, 9.17) is 10.2 Å². The molecule has 6 heteroatoms. The molecule has 1 atom stereocenters. The molecule has 1 aromatic rings. The van der Waals surface area contributed by atoms with E-state index >= 15 is 0 Å². The van der Waals surface area contributed by atoms with Crippen LogP contribution in [0.3, 0.4) is 0 Å². The van der Waals surface area contributed by atoms with Gasteiger partial charge in [-0.05, 0) is 12.5 Å². The van der Waals surface area contributed by atoms with Gasteiger partial charge in [0.15, 0.2) is 0 Å². The second-order valence-electron chi connectivity index (χ2n) is 4.31. The first-order chi connectivity index (χ1) is 9.58. The second kappa shape index (κ2) is 8.16. The van der Waals surface area contributed by atoms with E-state index in [1.807, 2.05) is 6.07 Å². The van der Waals surface area contributed by atoms with E-state index in [0.717, 1.165) is 5.56 Å². The average molecular weight is 280 g/mol. The first-order valence-electron chi connectivity index (χ1n) is 6.51. The molecular weight excluding hydrogens is 260 g/mol. The Hall–Kier alpha value is -2.08. The number of aliphatic hydroxyl groups is 1. The van der Waals surface area contributed by atoms with Gasteiger partial charge in [0.25, 0.3) is 0 Å². The van der Waals surface area contributed by atoms with Crippen LogP contribution in [0.2, 0.25) is 0 Å². The number of carboxylic acid groups (broad SMARTS) is 1. The van der Waals surface area contributed by atoms with Crippen molar-refractivity contribution in [2.24, 2.45) is 0 Å². The Morgan fingerprint density at radius 1 is 1.30 bits per heavy atom. The molecule has 0 saturated carbocycles. The van der Waals surface area contributed by atoms with Gasteiger partial charge in [0.1, 0.15) is 0 Å². The number of aliphatic hydroxyl groups excluding tert-OH is 1. The highest BCUT2D eigenvalue weighted by atomic mass is 16.4. The molecule has 1 aromatic carbocycles. The molecule has 2 amide bonds. The summed E-state index contributed by atoms with van der Waals surface area (Å²) < 4.78 is 0. The lowest BCUT2D eigenvalue weighted by Gasteiger charge is -2.24. The molecule has 0 aliphatic rings.